The van der Waals surface area contributed by atoms with E-state index in [2.05, 4.69) is 0 Å². The fourth-order valence-electron chi connectivity index (χ4n) is 1.57. The lowest BCUT2D eigenvalue weighted by atomic mass is 10.2. The van der Waals surface area contributed by atoms with Crippen molar-refractivity contribution in [1.29, 1.82) is 0 Å². The van der Waals surface area contributed by atoms with Gasteiger partial charge < -0.3 is 4.74 Å². The van der Waals surface area contributed by atoms with Gasteiger partial charge in [0, 0.05) is 35.7 Å². The molecular weight excluding hydrogens is 200 g/mol. The normalized spacial score (nSPS) is 20.6. The largest absolute Gasteiger partial charge is 0.381 e. The van der Waals surface area contributed by atoms with Crippen LogP contribution >= 0.6 is 0 Å². The maximum absolute atomic E-state index is 11.7. The third-order valence-corrected chi connectivity index (χ3v) is 4.19. The van der Waals surface area contributed by atoms with Crippen molar-refractivity contribution in [2.45, 2.75) is 37.9 Å². The van der Waals surface area contributed by atoms with Gasteiger partial charge >= 0.3 is 0 Å². The second-order valence-corrected chi connectivity index (χ2v) is 5.34. The van der Waals surface area contributed by atoms with E-state index in [0.717, 1.165) is 19.3 Å². The summed E-state index contributed by atoms with van der Waals surface area (Å²) >= 11 is 0. The van der Waals surface area contributed by atoms with Crippen molar-refractivity contribution in [1.82, 2.24) is 0 Å². The van der Waals surface area contributed by atoms with Crippen LogP contribution in [0.15, 0.2) is 0 Å². The smallest absolute Gasteiger partial charge is 0.145 e. The van der Waals surface area contributed by atoms with Crippen molar-refractivity contribution >= 4 is 16.6 Å². The number of carbonyl (C=O) groups is 1. The monoisotopic (exact) mass is 218 g/mol. The molecule has 3 nitrogen and oxygen atoms in total. The first-order valence-corrected chi connectivity index (χ1v) is 6.59. The predicted molar refractivity (Wildman–Crippen MR) is 56.8 cm³/mol. The van der Waals surface area contributed by atoms with Gasteiger partial charge in [0.05, 0.1) is 5.75 Å². The van der Waals surface area contributed by atoms with Crippen LogP contribution in [-0.2, 0) is 20.3 Å². The fraction of sp³-hybridized carbons (Fsp3) is 0.900. The Labute approximate surface area is 87.7 Å². The summed E-state index contributed by atoms with van der Waals surface area (Å²) in [6.45, 7) is 3.35. The Morgan fingerprint density at radius 3 is 2.64 bits per heavy atom. The van der Waals surface area contributed by atoms with Crippen LogP contribution in [0.2, 0.25) is 0 Å². The van der Waals surface area contributed by atoms with Gasteiger partial charge in [-0.2, -0.15) is 0 Å². The summed E-state index contributed by atoms with van der Waals surface area (Å²) in [6.07, 6.45) is 3.09. The van der Waals surface area contributed by atoms with E-state index < -0.39 is 10.8 Å². The van der Waals surface area contributed by atoms with Gasteiger partial charge in [0.25, 0.3) is 0 Å². The summed E-state index contributed by atoms with van der Waals surface area (Å²) in [5.41, 5.74) is 0. The topological polar surface area (TPSA) is 43.4 Å². The molecule has 0 bridgehead atoms. The lowest BCUT2D eigenvalue weighted by Gasteiger charge is -2.20. The fourth-order valence-corrected chi connectivity index (χ4v) is 2.98. The molecule has 1 fully saturated rings. The first-order valence-electron chi connectivity index (χ1n) is 5.20. The Balaban J connectivity index is 2.29. The first kappa shape index (κ1) is 11.9. The molecule has 0 aromatic carbocycles. The quantitative estimate of drug-likeness (QED) is 0.698. The van der Waals surface area contributed by atoms with E-state index in [1.165, 1.54) is 0 Å². The number of Topliss-reactive ketones (excluding diaryl/α,β-unsaturated/α-hetero) is 1. The lowest BCUT2D eigenvalue weighted by molar-refractivity contribution is -0.116. The Kier molecular flexibility index (Phi) is 5.33. The summed E-state index contributed by atoms with van der Waals surface area (Å²) in [4.78, 5) is 11.3. The molecule has 4 heteroatoms. The van der Waals surface area contributed by atoms with Crippen LogP contribution in [0.25, 0.3) is 0 Å². The molecule has 1 saturated heterocycles. The van der Waals surface area contributed by atoms with Crippen molar-refractivity contribution < 1.29 is 13.7 Å². The summed E-state index contributed by atoms with van der Waals surface area (Å²) in [5.74, 6) is 0.385. The maximum atomic E-state index is 11.7. The summed E-state index contributed by atoms with van der Waals surface area (Å²) in [5, 5.41) is 0.185. The maximum Gasteiger partial charge on any atom is 0.145 e. The second kappa shape index (κ2) is 6.30. The highest BCUT2D eigenvalue weighted by atomic mass is 32.2. The van der Waals surface area contributed by atoms with Crippen LogP contribution < -0.4 is 0 Å². The zero-order chi connectivity index (χ0) is 10.4. The van der Waals surface area contributed by atoms with Crippen molar-refractivity contribution in [2.24, 2.45) is 0 Å². The summed E-state index contributed by atoms with van der Waals surface area (Å²) < 4.78 is 16.9. The average molecular weight is 218 g/mol. The van der Waals surface area contributed by atoms with E-state index >= 15 is 0 Å². The van der Waals surface area contributed by atoms with Crippen molar-refractivity contribution in [3.63, 3.8) is 0 Å². The van der Waals surface area contributed by atoms with Crippen LogP contribution in [-0.4, -0.2) is 34.2 Å². The highest BCUT2D eigenvalue weighted by Gasteiger charge is 2.21. The molecule has 0 saturated carbocycles. The van der Waals surface area contributed by atoms with Crippen LogP contribution in [0, 0.1) is 0 Å². The molecule has 0 aliphatic carbocycles. The summed E-state index contributed by atoms with van der Waals surface area (Å²) in [7, 11) is -0.968. The van der Waals surface area contributed by atoms with E-state index in [1.54, 1.807) is 0 Å². The minimum Gasteiger partial charge on any atom is -0.381 e. The van der Waals surface area contributed by atoms with Crippen LogP contribution in [0.4, 0.5) is 0 Å². The molecule has 1 aliphatic rings. The molecule has 0 spiro atoms. The molecule has 1 rings (SSSR count). The molecule has 0 aromatic heterocycles. The van der Waals surface area contributed by atoms with Gasteiger partial charge in [0.1, 0.15) is 5.78 Å². The Morgan fingerprint density at radius 1 is 1.43 bits per heavy atom. The van der Waals surface area contributed by atoms with Gasteiger partial charge in [-0.3, -0.25) is 9.00 Å². The Hall–Kier alpha value is -0.220. The van der Waals surface area contributed by atoms with Gasteiger partial charge in [-0.15, -0.1) is 0 Å². The van der Waals surface area contributed by atoms with E-state index in [-0.39, 0.29) is 16.8 Å². The van der Waals surface area contributed by atoms with Gasteiger partial charge in [-0.25, -0.2) is 0 Å². The summed E-state index contributed by atoms with van der Waals surface area (Å²) in [6, 6.07) is 0. The van der Waals surface area contributed by atoms with E-state index in [0.29, 0.717) is 19.6 Å². The SMILES string of the molecule is CCCC(=O)CS(=O)C1CCOCC1. The highest BCUT2D eigenvalue weighted by molar-refractivity contribution is 7.86. The third-order valence-electron chi connectivity index (χ3n) is 2.37. The van der Waals surface area contributed by atoms with Crippen LogP contribution in [0.3, 0.4) is 0 Å². The third kappa shape index (κ3) is 3.88. The predicted octanol–water partition coefficient (Wildman–Crippen LogP) is 1.28. The molecule has 82 valence electrons. The molecule has 0 N–H and O–H groups in total. The minimum atomic E-state index is -0.968. The standard InChI is InChI=1S/C10H18O3S/c1-2-3-9(11)8-14(12)10-4-6-13-7-5-10/h10H,2-8H2,1H3. The van der Waals surface area contributed by atoms with Crippen LogP contribution in [0.5, 0.6) is 0 Å². The zero-order valence-electron chi connectivity index (χ0n) is 8.66. The van der Waals surface area contributed by atoms with Crippen molar-refractivity contribution in [3.05, 3.63) is 0 Å². The lowest BCUT2D eigenvalue weighted by Crippen LogP contribution is -2.28. The molecule has 1 heterocycles. The van der Waals surface area contributed by atoms with Crippen LogP contribution in [0.1, 0.15) is 32.6 Å². The Morgan fingerprint density at radius 2 is 2.07 bits per heavy atom. The number of ketones is 1. The molecule has 14 heavy (non-hydrogen) atoms. The zero-order valence-corrected chi connectivity index (χ0v) is 9.48. The van der Waals surface area contributed by atoms with Gasteiger partial charge in [-0.05, 0) is 19.3 Å². The molecule has 1 aliphatic heterocycles. The highest BCUT2D eigenvalue weighted by Crippen LogP contribution is 2.13. The van der Waals surface area contributed by atoms with Crippen molar-refractivity contribution in [3.8, 4) is 0 Å². The van der Waals surface area contributed by atoms with E-state index in [4.69, 9.17) is 4.74 Å². The van der Waals surface area contributed by atoms with Gasteiger partial charge in [-0.1, -0.05) is 6.92 Å². The minimum absolute atomic E-state index is 0.136. The van der Waals surface area contributed by atoms with Gasteiger partial charge in [0.15, 0.2) is 0 Å². The number of hydrogen-bond donors (Lipinski definition) is 0. The second-order valence-electron chi connectivity index (χ2n) is 3.63. The Bertz CT molecular complexity index is 209. The molecule has 0 radical (unpaired) electrons. The molecule has 1 atom stereocenters. The number of carbonyl (C=O) groups excluding carboxylic acids is 1. The molecule has 0 aromatic rings. The molecule has 1 unspecified atom stereocenters. The number of hydrogen-bond acceptors (Lipinski definition) is 3. The van der Waals surface area contributed by atoms with E-state index in [9.17, 15) is 9.00 Å². The number of rotatable bonds is 5. The number of ether oxygens (including phenoxy) is 1. The van der Waals surface area contributed by atoms with Crippen molar-refractivity contribution in [2.75, 3.05) is 19.0 Å². The average Bonchev–Trinajstić information content (AvgIpc) is 2.19. The van der Waals surface area contributed by atoms with E-state index in [1.807, 2.05) is 6.92 Å². The van der Waals surface area contributed by atoms with Gasteiger partial charge in [0.2, 0.25) is 0 Å². The first-order chi connectivity index (χ1) is 6.74. The molecule has 0 amide bonds. The molecular formula is C10H18O3S.